The van der Waals surface area contributed by atoms with Gasteiger partial charge in [0.05, 0.1) is 4.88 Å². The molecular formula is C15H21NOS. The SMILES string of the molecule is CC1(C)C2CCC1(C)C(NC(=O)c1cccs1)C2. The number of nitrogens with one attached hydrogen (secondary N) is 1. The van der Waals surface area contributed by atoms with Crippen molar-refractivity contribution in [1.29, 1.82) is 0 Å². The van der Waals surface area contributed by atoms with E-state index >= 15 is 0 Å². The van der Waals surface area contributed by atoms with Gasteiger partial charge in [0, 0.05) is 6.04 Å². The van der Waals surface area contributed by atoms with Crippen molar-refractivity contribution in [2.45, 2.75) is 46.1 Å². The molecule has 1 amide bonds. The van der Waals surface area contributed by atoms with Crippen molar-refractivity contribution in [2.75, 3.05) is 0 Å². The molecule has 0 saturated heterocycles. The average molecular weight is 263 g/mol. The molecule has 2 fully saturated rings. The zero-order valence-electron chi connectivity index (χ0n) is 11.3. The minimum absolute atomic E-state index is 0.111. The summed E-state index contributed by atoms with van der Waals surface area (Å²) in [5, 5.41) is 5.24. The predicted molar refractivity (Wildman–Crippen MR) is 74.8 cm³/mol. The molecule has 0 spiro atoms. The van der Waals surface area contributed by atoms with E-state index in [2.05, 4.69) is 26.1 Å². The molecule has 3 heteroatoms. The summed E-state index contributed by atoms with van der Waals surface area (Å²) in [5.74, 6) is 0.885. The number of carbonyl (C=O) groups excluding carboxylic acids is 1. The highest BCUT2D eigenvalue weighted by Gasteiger charge is 2.61. The Bertz CT molecular complexity index is 465. The van der Waals surface area contributed by atoms with Gasteiger partial charge in [-0.05, 0) is 47.5 Å². The number of hydrogen-bond acceptors (Lipinski definition) is 2. The first-order valence-electron chi connectivity index (χ1n) is 6.79. The molecule has 18 heavy (non-hydrogen) atoms. The summed E-state index contributed by atoms with van der Waals surface area (Å²) in [6, 6.07) is 4.19. The first-order chi connectivity index (χ1) is 8.45. The van der Waals surface area contributed by atoms with Crippen LogP contribution in [0.4, 0.5) is 0 Å². The van der Waals surface area contributed by atoms with E-state index in [0.717, 1.165) is 17.2 Å². The van der Waals surface area contributed by atoms with E-state index in [1.54, 1.807) is 0 Å². The highest BCUT2D eigenvalue weighted by atomic mass is 32.1. The Labute approximate surface area is 113 Å². The summed E-state index contributed by atoms with van der Waals surface area (Å²) in [7, 11) is 0. The van der Waals surface area contributed by atoms with Crippen LogP contribution < -0.4 is 5.32 Å². The third-order valence-electron chi connectivity index (χ3n) is 5.84. The van der Waals surface area contributed by atoms with Crippen molar-refractivity contribution in [3.8, 4) is 0 Å². The van der Waals surface area contributed by atoms with Gasteiger partial charge in [0.15, 0.2) is 0 Å². The first kappa shape index (κ1) is 12.2. The molecule has 2 saturated carbocycles. The maximum absolute atomic E-state index is 12.2. The summed E-state index contributed by atoms with van der Waals surface area (Å²) in [5.41, 5.74) is 0.630. The summed E-state index contributed by atoms with van der Waals surface area (Å²) >= 11 is 1.52. The van der Waals surface area contributed by atoms with Crippen LogP contribution in [0.3, 0.4) is 0 Å². The Balaban J connectivity index is 1.78. The van der Waals surface area contributed by atoms with Crippen molar-refractivity contribution in [2.24, 2.45) is 16.7 Å². The van der Waals surface area contributed by atoms with Crippen molar-refractivity contribution < 1.29 is 4.79 Å². The molecule has 3 unspecified atom stereocenters. The largest absolute Gasteiger partial charge is 0.348 e. The molecule has 2 aliphatic rings. The van der Waals surface area contributed by atoms with Gasteiger partial charge in [0.1, 0.15) is 0 Å². The van der Waals surface area contributed by atoms with Crippen molar-refractivity contribution >= 4 is 17.2 Å². The Morgan fingerprint density at radius 2 is 2.22 bits per heavy atom. The highest BCUT2D eigenvalue weighted by molar-refractivity contribution is 7.12. The zero-order chi connectivity index (χ0) is 13.0. The predicted octanol–water partition coefficient (Wildman–Crippen LogP) is 3.69. The van der Waals surface area contributed by atoms with E-state index in [1.807, 2.05) is 17.5 Å². The molecule has 0 aromatic carbocycles. The van der Waals surface area contributed by atoms with E-state index in [1.165, 1.54) is 24.2 Å². The van der Waals surface area contributed by atoms with E-state index in [-0.39, 0.29) is 11.3 Å². The Morgan fingerprint density at radius 1 is 1.44 bits per heavy atom. The molecule has 1 N–H and O–H groups in total. The zero-order valence-corrected chi connectivity index (χ0v) is 12.1. The highest BCUT2D eigenvalue weighted by Crippen LogP contribution is 2.65. The quantitative estimate of drug-likeness (QED) is 0.866. The van der Waals surface area contributed by atoms with E-state index < -0.39 is 0 Å². The lowest BCUT2D eigenvalue weighted by Gasteiger charge is -2.39. The van der Waals surface area contributed by atoms with Crippen LogP contribution in [-0.2, 0) is 0 Å². The summed E-state index contributed by atoms with van der Waals surface area (Å²) in [6.07, 6.45) is 3.73. The maximum atomic E-state index is 12.2. The van der Waals surface area contributed by atoms with Crippen LogP contribution in [0.15, 0.2) is 17.5 Å². The summed E-state index contributed by atoms with van der Waals surface area (Å²) in [4.78, 5) is 13.0. The van der Waals surface area contributed by atoms with Crippen LogP contribution >= 0.6 is 11.3 Å². The van der Waals surface area contributed by atoms with Crippen molar-refractivity contribution in [3.63, 3.8) is 0 Å². The first-order valence-corrected chi connectivity index (χ1v) is 7.67. The molecule has 2 aliphatic carbocycles. The lowest BCUT2D eigenvalue weighted by Crippen LogP contribution is -2.46. The lowest BCUT2D eigenvalue weighted by molar-refractivity contribution is 0.0830. The monoisotopic (exact) mass is 263 g/mol. The number of fused-ring (bicyclic) bond motifs is 2. The standard InChI is InChI=1S/C15H21NOS/c1-14(2)10-6-7-15(14,3)12(9-10)16-13(17)11-5-4-8-18-11/h4-5,8,10,12H,6-7,9H2,1-3H3,(H,16,17). The molecule has 98 valence electrons. The van der Waals surface area contributed by atoms with Crippen molar-refractivity contribution in [3.05, 3.63) is 22.4 Å². The van der Waals surface area contributed by atoms with Crippen LogP contribution in [-0.4, -0.2) is 11.9 Å². The second kappa shape index (κ2) is 3.83. The van der Waals surface area contributed by atoms with Crippen LogP contribution in [0, 0.1) is 16.7 Å². The minimum atomic E-state index is 0.111. The van der Waals surface area contributed by atoms with Gasteiger partial charge in [-0.15, -0.1) is 11.3 Å². The minimum Gasteiger partial charge on any atom is -0.348 e. The van der Waals surface area contributed by atoms with Crippen LogP contribution in [0.1, 0.15) is 49.7 Å². The van der Waals surface area contributed by atoms with Gasteiger partial charge in [0.2, 0.25) is 0 Å². The van der Waals surface area contributed by atoms with Gasteiger partial charge in [0.25, 0.3) is 5.91 Å². The van der Waals surface area contributed by atoms with E-state index in [0.29, 0.717) is 11.5 Å². The Morgan fingerprint density at radius 3 is 2.72 bits per heavy atom. The normalized spacial score (nSPS) is 36.8. The van der Waals surface area contributed by atoms with Gasteiger partial charge in [-0.1, -0.05) is 26.8 Å². The number of carbonyl (C=O) groups is 1. The molecule has 2 bridgehead atoms. The second-order valence-corrected chi connectivity index (χ2v) is 7.56. The third kappa shape index (κ3) is 1.49. The summed E-state index contributed by atoms with van der Waals surface area (Å²) < 4.78 is 0. The van der Waals surface area contributed by atoms with Gasteiger partial charge >= 0.3 is 0 Å². The Kier molecular flexibility index (Phi) is 2.60. The van der Waals surface area contributed by atoms with Gasteiger partial charge in [-0.3, -0.25) is 4.79 Å². The van der Waals surface area contributed by atoms with E-state index in [4.69, 9.17) is 0 Å². The third-order valence-corrected chi connectivity index (χ3v) is 6.71. The fourth-order valence-electron chi connectivity index (χ4n) is 4.06. The molecule has 1 aromatic rings. The fraction of sp³-hybridized carbons (Fsp3) is 0.667. The molecule has 0 radical (unpaired) electrons. The molecule has 1 aromatic heterocycles. The van der Waals surface area contributed by atoms with Crippen LogP contribution in [0.2, 0.25) is 0 Å². The number of thiophene rings is 1. The fourth-order valence-corrected chi connectivity index (χ4v) is 4.69. The molecule has 3 rings (SSSR count). The molecular weight excluding hydrogens is 242 g/mol. The number of hydrogen-bond donors (Lipinski definition) is 1. The van der Waals surface area contributed by atoms with Crippen molar-refractivity contribution in [1.82, 2.24) is 5.32 Å². The molecule has 2 nitrogen and oxygen atoms in total. The average Bonchev–Trinajstić information content (AvgIpc) is 2.95. The molecule has 1 heterocycles. The molecule has 3 atom stereocenters. The molecule has 0 aliphatic heterocycles. The van der Waals surface area contributed by atoms with Gasteiger partial charge in [-0.2, -0.15) is 0 Å². The van der Waals surface area contributed by atoms with Gasteiger partial charge in [-0.25, -0.2) is 0 Å². The van der Waals surface area contributed by atoms with E-state index in [9.17, 15) is 4.79 Å². The topological polar surface area (TPSA) is 29.1 Å². The Hall–Kier alpha value is -0.830. The lowest BCUT2D eigenvalue weighted by atomic mass is 9.69. The smallest absolute Gasteiger partial charge is 0.261 e. The number of amides is 1. The second-order valence-electron chi connectivity index (χ2n) is 6.61. The maximum Gasteiger partial charge on any atom is 0.261 e. The number of rotatable bonds is 2. The van der Waals surface area contributed by atoms with Crippen LogP contribution in [0.25, 0.3) is 0 Å². The summed E-state index contributed by atoms with van der Waals surface area (Å²) in [6.45, 7) is 7.11. The van der Waals surface area contributed by atoms with Gasteiger partial charge < -0.3 is 5.32 Å². The van der Waals surface area contributed by atoms with Crippen LogP contribution in [0.5, 0.6) is 0 Å².